The van der Waals surface area contributed by atoms with Crippen molar-refractivity contribution in [3.05, 3.63) is 41.7 Å². The number of fused-ring (bicyclic) bond motifs is 1. The van der Waals surface area contributed by atoms with Crippen molar-refractivity contribution in [1.29, 1.82) is 0 Å². The molecule has 0 saturated heterocycles. The Morgan fingerprint density at radius 1 is 1.24 bits per heavy atom. The van der Waals surface area contributed by atoms with Crippen LogP contribution in [0.1, 0.15) is 17.3 Å². The van der Waals surface area contributed by atoms with Crippen LogP contribution in [0.25, 0.3) is 10.9 Å². The molecule has 7 nitrogen and oxygen atoms in total. The number of hydrazine groups is 1. The molecule has 3 aromatic rings. The Kier molecular flexibility index (Phi) is 3.36. The number of nitrogens with zero attached hydrogens (tertiary/aromatic N) is 4. The number of nitrogens with two attached hydrogens (primary N) is 2. The molecule has 2 heterocycles. The largest absolute Gasteiger partial charge is 0.384 e. The molecule has 7 heteroatoms. The van der Waals surface area contributed by atoms with Crippen molar-refractivity contribution in [2.75, 3.05) is 5.73 Å². The standard InChI is InChI=1S/C14H19N7/c1-20-13-6-4-3-5-9(13)12(19-20)7-11(18-16)10-8-17-21(2)14(10)15/h3-6,8,11,18H,7,15-16H2,1-2H3. The van der Waals surface area contributed by atoms with E-state index in [-0.39, 0.29) is 6.04 Å². The Bertz CT molecular complexity index is 771. The molecule has 5 N–H and O–H groups in total. The van der Waals surface area contributed by atoms with E-state index < -0.39 is 0 Å². The van der Waals surface area contributed by atoms with Crippen LogP contribution in [0, 0.1) is 0 Å². The van der Waals surface area contributed by atoms with Crippen molar-refractivity contribution < 1.29 is 0 Å². The third-order valence-electron chi connectivity index (χ3n) is 3.82. The number of nitrogen functional groups attached to an aromatic ring is 1. The molecule has 21 heavy (non-hydrogen) atoms. The van der Waals surface area contributed by atoms with E-state index in [9.17, 15) is 0 Å². The highest BCUT2D eigenvalue weighted by molar-refractivity contribution is 5.81. The summed E-state index contributed by atoms with van der Waals surface area (Å²) < 4.78 is 3.51. The maximum absolute atomic E-state index is 6.03. The zero-order valence-corrected chi connectivity index (χ0v) is 12.1. The molecule has 0 aliphatic rings. The summed E-state index contributed by atoms with van der Waals surface area (Å²) in [6.45, 7) is 0. The molecule has 1 aromatic carbocycles. The highest BCUT2D eigenvalue weighted by Crippen LogP contribution is 2.26. The lowest BCUT2D eigenvalue weighted by atomic mass is 10.0. The van der Waals surface area contributed by atoms with Gasteiger partial charge in [0.05, 0.1) is 23.4 Å². The van der Waals surface area contributed by atoms with Crippen LogP contribution in [0.4, 0.5) is 5.82 Å². The second kappa shape index (κ2) is 5.19. The number of hydrogen-bond acceptors (Lipinski definition) is 5. The second-order valence-electron chi connectivity index (χ2n) is 5.12. The molecule has 110 valence electrons. The van der Waals surface area contributed by atoms with Gasteiger partial charge in [-0.05, 0) is 6.07 Å². The molecule has 0 amide bonds. The zero-order chi connectivity index (χ0) is 15.0. The van der Waals surface area contributed by atoms with Gasteiger partial charge in [-0.15, -0.1) is 0 Å². The van der Waals surface area contributed by atoms with Crippen LogP contribution >= 0.6 is 0 Å². The van der Waals surface area contributed by atoms with Gasteiger partial charge in [0.2, 0.25) is 0 Å². The fraction of sp³-hybridized carbons (Fsp3) is 0.286. The second-order valence-corrected chi connectivity index (χ2v) is 5.12. The Hall–Kier alpha value is -2.38. The van der Waals surface area contributed by atoms with Gasteiger partial charge in [0.25, 0.3) is 0 Å². The molecule has 0 spiro atoms. The highest BCUT2D eigenvalue weighted by atomic mass is 15.3. The topological polar surface area (TPSA) is 99.7 Å². The lowest BCUT2D eigenvalue weighted by Gasteiger charge is -2.14. The maximum atomic E-state index is 6.03. The van der Waals surface area contributed by atoms with E-state index in [0.717, 1.165) is 22.2 Å². The number of aromatic nitrogens is 4. The number of rotatable bonds is 4. The normalized spacial score (nSPS) is 12.9. The van der Waals surface area contributed by atoms with Gasteiger partial charge in [0.1, 0.15) is 5.82 Å². The minimum absolute atomic E-state index is 0.128. The lowest BCUT2D eigenvalue weighted by molar-refractivity contribution is 0.544. The number of hydrogen-bond donors (Lipinski definition) is 3. The van der Waals surface area contributed by atoms with E-state index in [1.54, 1.807) is 10.9 Å². The number of benzene rings is 1. The van der Waals surface area contributed by atoms with Gasteiger partial charge in [-0.3, -0.25) is 20.6 Å². The summed E-state index contributed by atoms with van der Waals surface area (Å²) in [5, 5.41) is 9.88. The molecular formula is C14H19N7. The highest BCUT2D eigenvalue weighted by Gasteiger charge is 2.19. The monoisotopic (exact) mass is 285 g/mol. The Morgan fingerprint density at radius 2 is 2.00 bits per heavy atom. The van der Waals surface area contributed by atoms with Crippen LogP contribution < -0.4 is 17.0 Å². The molecule has 1 atom stereocenters. The Balaban J connectivity index is 1.98. The third kappa shape index (κ3) is 2.26. The first-order valence-electron chi connectivity index (χ1n) is 6.76. The Morgan fingerprint density at radius 3 is 2.67 bits per heavy atom. The van der Waals surface area contributed by atoms with E-state index in [1.165, 1.54) is 0 Å². The first-order chi connectivity index (χ1) is 10.1. The van der Waals surface area contributed by atoms with Gasteiger partial charge >= 0.3 is 0 Å². The molecule has 3 rings (SSSR count). The molecule has 0 radical (unpaired) electrons. The predicted molar refractivity (Wildman–Crippen MR) is 82.1 cm³/mol. The predicted octanol–water partition coefficient (Wildman–Crippen LogP) is 0.636. The average Bonchev–Trinajstić information content (AvgIpc) is 2.99. The van der Waals surface area contributed by atoms with Crippen LogP contribution in [0.5, 0.6) is 0 Å². The summed E-state index contributed by atoms with van der Waals surface area (Å²) in [5.41, 5.74) is 11.8. The first kappa shape index (κ1) is 13.6. The van der Waals surface area contributed by atoms with Crippen LogP contribution in [0.2, 0.25) is 0 Å². The number of anilines is 1. The zero-order valence-electron chi connectivity index (χ0n) is 12.1. The van der Waals surface area contributed by atoms with E-state index in [1.807, 2.05) is 30.9 Å². The van der Waals surface area contributed by atoms with Crippen molar-refractivity contribution in [1.82, 2.24) is 25.0 Å². The van der Waals surface area contributed by atoms with Crippen LogP contribution in [0.15, 0.2) is 30.5 Å². The van der Waals surface area contributed by atoms with Crippen molar-refractivity contribution >= 4 is 16.7 Å². The van der Waals surface area contributed by atoms with Gasteiger partial charge < -0.3 is 5.73 Å². The molecule has 0 bridgehead atoms. The van der Waals surface area contributed by atoms with Gasteiger partial charge in [-0.25, -0.2) is 0 Å². The lowest BCUT2D eigenvalue weighted by Crippen LogP contribution is -2.30. The smallest absolute Gasteiger partial charge is 0.126 e. The fourth-order valence-electron chi connectivity index (χ4n) is 2.62. The van der Waals surface area contributed by atoms with E-state index in [2.05, 4.69) is 27.8 Å². The molecule has 0 aliphatic heterocycles. The molecule has 0 fully saturated rings. The van der Waals surface area contributed by atoms with E-state index in [4.69, 9.17) is 11.6 Å². The molecule has 0 aliphatic carbocycles. The molecule has 0 saturated carbocycles. The Labute approximate surface area is 122 Å². The maximum Gasteiger partial charge on any atom is 0.126 e. The van der Waals surface area contributed by atoms with Crippen LogP contribution in [0.3, 0.4) is 0 Å². The average molecular weight is 285 g/mol. The number of para-hydroxylation sites is 1. The van der Waals surface area contributed by atoms with Crippen LogP contribution in [-0.2, 0) is 20.5 Å². The first-order valence-corrected chi connectivity index (χ1v) is 6.76. The minimum Gasteiger partial charge on any atom is -0.384 e. The summed E-state index contributed by atoms with van der Waals surface area (Å²) in [6, 6.07) is 8.01. The summed E-state index contributed by atoms with van der Waals surface area (Å²) in [6.07, 6.45) is 2.39. The van der Waals surface area contributed by atoms with Crippen LogP contribution in [-0.4, -0.2) is 19.6 Å². The molecule has 1 unspecified atom stereocenters. The third-order valence-corrected chi connectivity index (χ3v) is 3.82. The fourth-order valence-corrected chi connectivity index (χ4v) is 2.62. The quantitative estimate of drug-likeness (QED) is 0.482. The van der Waals surface area contributed by atoms with E-state index in [0.29, 0.717) is 12.2 Å². The van der Waals surface area contributed by atoms with Gasteiger partial charge in [0, 0.05) is 31.5 Å². The van der Waals surface area contributed by atoms with Crippen molar-refractivity contribution in [3.63, 3.8) is 0 Å². The van der Waals surface area contributed by atoms with Gasteiger partial charge in [-0.1, -0.05) is 18.2 Å². The van der Waals surface area contributed by atoms with Crippen molar-refractivity contribution in [3.8, 4) is 0 Å². The van der Waals surface area contributed by atoms with E-state index >= 15 is 0 Å². The SMILES string of the molecule is Cn1ncc(C(Cc2nn(C)c3ccccc23)NN)c1N. The van der Waals surface area contributed by atoms with Gasteiger partial charge in [-0.2, -0.15) is 10.2 Å². The van der Waals surface area contributed by atoms with Crippen molar-refractivity contribution in [2.45, 2.75) is 12.5 Å². The summed E-state index contributed by atoms with van der Waals surface area (Å²) in [5.74, 6) is 6.31. The molecular weight excluding hydrogens is 266 g/mol. The van der Waals surface area contributed by atoms with Crippen molar-refractivity contribution in [2.24, 2.45) is 19.9 Å². The summed E-state index contributed by atoms with van der Waals surface area (Å²) >= 11 is 0. The summed E-state index contributed by atoms with van der Waals surface area (Å²) in [4.78, 5) is 0. The number of nitrogens with one attached hydrogen (secondary N) is 1. The minimum atomic E-state index is -0.128. The molecule has 2 aromatic heterocycles. The number of aryl methyl sites for hydroxylation is 2. The van der Waals surface area contributed by atoms with Gasteiger partial charge in [0.15, 0.2) is 0 Å². The summed E-state index contributed by atoms with van der Waals surface area (Å²) in [7, 11) is 3.75.